The second kappa shape index (κ2) is 9.60. The van der Waals surface area contributed by atoms with Crippen molar-refractivity contribution in [3.05, 3.63) is 35.4 Å². The molecule has 3 fully saturated rings. The Morgan fingerprint density at radius 1 is 1.06 bits per heavy atom. The van der Waals surface area contributed by atoms with E-state index < -0.39 is 23.5 Å². The van der Waals surface area contributed by atoms with Crippen LogP contribution in [0.1, 0.15) is 68.9 Å². The Labute approximate surface area is 207 Å². The van der Waals surface area contributed by atoms with Gasteiger partial charge in [-0.1, -0.05) is 56.4 Å². The standard InChI is InChI=1S/C26H38N6O3/c1-31(25(30)35)21(14-17-6-3-2-4-7-17)23(33)32(13-5-8-20-15-26(20,32)24(29)34)16-18-9-11-19(12-10-18)22(27)28/h9-12,17,20-21H,2-8,13-16H2,1H3,(H6-,27,28,29,30,34,35)/p+1/t20-,21-,26+,32?/m1/s1. The van der Waals surface area contributed by atoms with E-state index in [2.05, 4.69) is 0 Å². The number of benzene rings is 1. The molecule has 1 aliphatic heterocycles. The van der Waals surface area contributed by atoms with Crippen LogP contribution in [0.3, 0.4) is 0 Å². The number of carbonyl (C=O) groups excluding carboxylic acids is 3. The number of amides is 4. The van der Waals surface area contributed by atoms with Crippen LogP contribution in [0.15, 0.2) is 24.3 Å². The van der Waals surface area contributed by atoms with Gasteiger partial charge in [-0.05, 0) is 25.2 Å². The number of urea groups is 1. The molecule has 2 saturated carbocycles. The summed E-state index contributed by atoms with van der Waals surface area (Å²) in [5.74, 6) is -0.175. The number of nitrogens with two attached hydrogens (primary N) is 3. The molecule has 0 aromatic heterocycles. The first-order chi connectivity index (χ1) is 16.6. The number of fused-ring (bicyclic) bond motifs is 1. The smallest absolute Gasteiger partial charge is 0.337 e. The quantitative estimate of drug-likeness (QED) is 0.254. The highest BCUT2D eigenvalue weighted by molar-refractivity contribution is 5.95. The summed E-state index contributed by atoms with van der Waals surface area (Å²) in [5, 5.41) is 7.67. The number of nitrogens with zero attached hydrogens (tertiary/aromatic N) is 2. The molecule has 9 heteroatoms. The molecule has 4 amide bonds. The molecule has 1 aromatic rings. The summed E-state index contributed by atoms with van der Waals surface area (Å²) in [7, 11) is 1.59. The van der Waals surface area contributed by atoms with Crippen LogP contribution < -0.4 is 17.2 Å². The number of primary amides is 2. The summed E-state index contributed by atoms with van der Waals surface area (Å²) in [6, 6.07) is 5.90. The number of piperidine rings is 1. The maximum atomic E-state index is 14.6. The van der Waals surface area contributed by atoms with E-state index >= 15 is 0 Å². The number of hydrogen-bond donors (Lipinski definition) is 4. The van der Waals surface area contributed by atoms with Crippen LogP contribution in [0.4, 0.5) is 4.79 Å². The van der Waals surface area contributed by atoms with Gasteiger partial charge in [0.1, 0.15) is 18.4 Å². The van der Waals surface area contributed by atoms with Gasteiger partial charge in [0.05, 0.1) is 6.54 Å². The number of amidine groups is 1. The lowest BCUT2D eigenvalue weighted by atomic mass is 9.83. The molecule has 1 saturated heterocycles. The van der Waals surface area contributed by atoms with Crippen LogP contribution in [0.2, 0.25) is 0 Å². The molecule has 1 aromatic carbocycles. The average molecular weight is 484 g/mol. The molecule has 0 radical (unpaired) electrons. The van der Waals surface area contributed by atoms with E-state index in [1.54, 1.807) is 19.2 Å². The van der Waals surface area contributed by atoms with Gasteiger partial charge in [-0.3, -0.25) is 10.2 Å². The molecule has 2 aliphatic carbocycles. The van der Waals surface area contributed by atoms with Gasteiger partial charge >= 0.3 is 11.9 Å². The molecule has 9 nitrogen and oxygen atoms in total. The predicted molar refractivity (Wildman–Crippen MR) is 133 cm³/mol. The van der Waals surface area contributed by atoms with Crippen molar-refractivity contribution in [1.82, 2.24) is 4.90 Å². The zero-order valence-corrected chi connectivity index (χ0v) is 20.7. The minimum absolute atomic E-state index is 0.0269. The summed E-state index contributed by atoms with van der Waals surface area (Å²) in [5.41, 5.74) is 17.9. The van der Waals surface area contributed by atoms with E-state index in [1.165, 1.54) is 11.3 Å². The lowest BCUT2D eigenvalue weighted by Gasteiger charge is -2.47. The van der Waals surface area contributed by atoms with Crippen molar-refractivity contribution in [3.8, 4) is 0 Å². The van der Waals surface area contributed by atoms with Crippen molar-refractivity contribution in [2.75, 3.05) is 13.6 Å². The minimum Gasteiger partial charge on any atom is -0.384 e. The van der Waals surface area contributed by atoms with Crippen molar-refractivity contribution >= 4 is 23.7 Å². The molecule has 190 valence electrons. The van der Waals surface area contributed by atoms with E-state index in [1.807, 2.05) is 12.1 Å². The summed E-state index contributed by atoms with van der Waals surface area (Å²) < 4.78 is -0.0680. The lowest BCUT2D eigenvalue weighted by Crippen LogP contribution is -2.71. The largest absolute Gasteiger partial charge is 0.384 e. The number of likely N-dealkylation sites (tertiary alicyclic amines) is 1. The molecule has 7 N–H and O–H groups in total. The van der Waals surface area contributed by atoms with Gasteiger partial charge in [0.2, 0.25) is 0 Å². The lowest BCUT2D eigenvalue weighted by molar-refractivity contribution is -0.900. The van der Waals surface area contributed by atoms with E-state index in [0.717, 1.165) is 44.1 Å². The Morgan fingerprint density at radius 2 is 1.71 bits per heavy atom. The summed E-state index contributed by atoms with van der Waals surface area (Å²) in [6.45, 7) is 0.810. The molecule has 1 unspecified atom stereocenters. The summed E-state index contributed by atoms with van der Waals surface area (Å²) in [4.78, 5) is 41.3. The monoisotopic (exact) mass is 483 g/mol. The van der Waals surface area contributed by atoms with Crippen LogP contribution in [-0.2, 0) is 16.1 Å². The molecule has 4 atom stereocenters. The predicted octanol–water partition coefficient (Wildman–Crippen LogP) is 2.20. The minimum atomic E-state index is -0.947. The fourth-order valence-electron chi connectivity index (χ4n) is 6.81. The molecule has 35 heavy (non-hydrogen) atoms. The Hall–Kier alpha value is -2.94. The summed E-state index contributed by atoms with van der Waals surface area (Å²) >= 11 is 0. The Kier molecular flexibility index (Phi) is 6.90. The molecule has 0 spiro atoms. The first-order valence-corrected chi connectivity index (χ1v) is 12.8. The van der Waals surface area contributed by atoms with Crippen molar-refractivity contribution in [2.24, 2.45) is 29.0 Å². The number of quaternary nitrogens is 1. The Balaban J connectivity index is 1.75. The van der Waals surface area contributed by atoms with Gasteiger partial charge in [0.25, 0.3) is 5.91 Å². The number of likely N-dealkylation sites (N-methyl/N-ethyl adjacent to an activating group) is 1. The first-order valence-electron chi connectivity index (χ1n) is 12.8. The van der Waals surface area contributed by atoms with Crippen molar-refractivity contribution in [1.29, 1.82) is 5.41 Å². The van der Waals surface area contributed by atoms with Crippen molar-refractivity contribution in [2.45, 2.75) is 75.9 Å². The van der Waals surface area contributed by atoms with Gasteiger partial charge in [-0.15, -0.1) is 0 Å². The third-order valence-electron chi connectivity index (χ3n) is 8.88. The number of carbonyl (C=O) groups is 3. The Bertz CT molecular complexity index is 1000. The molecular formula is C26H39N6O3+. The first kappa shape index (κ1) is 25.2. The highest BCUT2D eigenvalue weighted by Gasteiger charge is 2.76. The van der Waals surface area contributed by atoms with Crippen LogP contribution in [0, 0.1) is 17.2 Å². The molecular weight excluding hydrogens is 444 g/mol. The van der Waals surface area contributed by atoms with Crippen LogP contribution in [-0.4, -0.2) is 58.2 Å². The number of nitrogens with one attached hydrogen (secondary N) is 1. The average Bonchev–Trinajstić information content (AvgIpc) is 3.60. The highest BCUT2D eigenvalue weighted by atomic mass is 16.2. The maximum absolute atomic E-state index is 14.6. The molecule has 4 rings (SSSR count). The molecule has 0 bridgehead atoms. The van der Waals surface area contributed by atoms with Crippen molar-refractivity contribution < 1.29 is 18.9 Å². The number of hydrogen-bond acceptors (Lipinski definition) is 4. The van der Waals surface area contributed by atoms with Gasteiger partial charge in [0, 0.05) is 30.5 Å². The zero-order valence-electron chi connectivity index (χ0n) is 20.7. The zero-order chi connectivity index (χ0) is 25.4. The fourth-order valence-corrected chi connectivity index (χ4v) is 6.81. The van der Waals surface area contributed by atoms with Crippen LogP contribution in [0.5, 0.6) is 0 Å². The molecule has 3 aliphatic rings. The van der Waals surface area contributed by atoms with Gasteiger partial charge in [0.15, 0.2) is 5.54 Å². The second-order valence-corrected chi connectivity index (χ2v) is 10.8. The topological polar surface area (TPSA) is 156 Å². The highest BCUT2D eigenvalue weighted by Crippen LogP contribution is 2.59. The van der Waals surface area contributed by atoms with Crippen molar-refractivity contribution in [3.63, 3.8) is 0 Å². The van der Waals surface area contributed by atoms with E-state index in [4.69, 9.17) is 22.6 Å². The molecule has 1 heterocycles. The second-order valence-electron chi connectivity index (χ2n) is 10.8. The van der Waals surface area contributed by atoms with E-state index in [9.17, 15) is 14.4 Å². The number of rotatable bonds is 8. The van der Waals surface area contributed by atoms with Crippen LogP contribution >= 0.6 is 0 Å². The van der Waals surface area contributed by atoms with Gasteiger partial charge < -0.3 is 22.1 Å². The summed E-state index contributed by atoms with van der Waals surface area (Å²) in [6.07, 6.45) is 8.36. The van der Waals surface area contributed by atoms with E-state index in [0.29, 0.717) is 37.4 Å². The number of nitrogen functional groups attached to an aromatic ring is 1. The third-order valence-corrected chi connectivity index (χ3v) is 8.88. The van der Waals surface area contributed by atoms with E-state index in [-0.39, 0.29) is 22.1 Å². The maximum Gasteiger partial charge on any atom is 0.337 e. The van der Waals surface area contributed by atoms with Gasteiger partial charge in [-0.25, -0.2) is 14.1 Å². The third kappa shape index (κ3) is 4.42. The normalized spacial score (nSPS) is 29.0. The Morgan fingerprint density at radius 3 is 2.29 bits per heavy atom. The SMILES string of the molecule is CN(C(N)=O)[C@H](CC1CCCCC1)C(=O)[N+]1(Cc2ccc(C(=N)N)cc2)CCC[C@@H]2C[C@@]21C(N)=O. The van der Waals surface area contributed by atoms with Gasteiger partial charge in [-0.2, -0.15) is 0 Å². The fraction of sp³-hybridized carbons (Fsp3) is 0.615. The van der Waals surface area contributed by atoms with Crippen LogP contribution in [0.25, 0.3) is 0 Å².